The van der Waals surface area contributed by atoms with Crippen molar-refractivity contribution in [1.29, 1.82) is 0 Å². The van der Waals surface area contributed by atoms with Crippen LogP contribution in [0.25, 0.3) is 0 Å². The molecule has 26 heavy (non-hydrogen) atoms. The van der Waals surface area contributed by atoms with Crippen LogP contribution in [0.3, 0.4) is 0 Å². The number of carbonyl (C=O) groups is 2. The van der Waals surface area contributed by atoms with Gasteiger partial charge < -0.3 is 15.3 Å². The topological polar surface area (TPSA) is 94.8 Å². The lowest BCUT2D eigenvalue weighted by Gasteiger charge is -2.22. The maximum absolute atomic E-state index is 12.2. The first-order chi connectivity index (χ1) is 12.3. The summed E-state index contributed by atoms with van der Waals surface area (Å²) in [5, 5.41) is 29.3. The van der Waals surface area contributed by atoms with E-state index in [0.717, 1.165) is 44.9 Å². The molecule has 0 aromatic rings. The number of hydrogen-bond acceptors (Lipinski definition) is 4. The summed E-state index contributed by atoms with van der Waals surface area (Å²) in [6.07, 6.45) is 11.1. The summed E-state index contributed by atoms with van der Waals surface area (Å²) in [6.45, 7) is 3.90. The molecule has 0 heterocycles. The fraction of sp³-hybridized carbons (Fsp3) is 0.810. The van der Waals surface area contributed by atoms with Crippen LogP contribution < -0.4 is 0 Å². The van der Waals surface area contributed by atoms with Crippen molar-refractivity contribution in [2.45, 2.75) is 96.2 Å². The van der Waals surface area contributed by atoms with Crippen molar-refractivity contribution >= 4 is 11.8 Å². The second-order valence-corrected chi connectivity index (χ2v) is 7.94. The van der Waals surface area contributed by atoms with E-state index in [1.54, 1.807) is 13.0 Å². The first-order valence-electron chi connectivity index (χ1n) is 10.1. The van der Waals surface area contributed by atoms with E-state index in [-0.39, 0.29) is 30.5 Å². The Bertz CT molecular complexity index is 469. The second kappa shape index (κ2) is 11.5. The zero-order valence-electron chi connectivity index (χ0n) is 16.3. The number of Topliss-reactive ketones (excluding diaryl/α,β-unsaturated/α-hetero) is 1. The average Bonchev–Trinajstić information content (AvgIpc) is 2.82. The van der Waals surface area contributed by atoms with Crippen LogP contribution in [0.4, 0.5) is 0 Å². The molecule has 150 valence electrons. The van der Waals surface area contributed by atoms with Gasteiger partial charge in [0.2, 0.25) is 0 Å². The van der Waals surface area contributed by atoms with Gasteiger partial charge in [0.25, 0.3) is 0 Å². The van der Waals surface area contributed by atoms with E-state index >= 15 is 0 Å². The maximum Gasteiger partial charge on any atom is 0.303 e. The minimum atomic E-state index is -0.901. The monoisotopic (exact) mass is 368 g/mol. The number of carboxylic acid groups (broad SMARTS) is 1. The first-order valence-corrected chi connectivity index (χ1v) is 10.1. The van der Waals surface area contributed by atoms with E-state index in [1.165, 1.54) is 0 Å². The number of carbonyl (C=O) groups excluding carboxylic acids is 1. The molecule has 4 atom stereocenters. The number of aliphatic hydroxyl groups is 2. The van der Waals surface area contributed by atoms with Crippen LogP contribution >= 0.6 is 0 Å². The SMILES string of the molecule is CCCCC[C@](C)(O)/C=C/[C@H]1[C@@H](O)CC(=O)[C@@H]1CCCCCCC(=O)O. The standard InChI is InChI=1S/C21H36O5/c1-3-4-9-13-21(2,26)14-12-17-16(18(22)15-19(17)23)10-7-5-6-8-11-20(24)25/h12,14,16-17,19,23,26H,3-11,13,15H2,1-2H3,(H,24,25)/b14-12+/t16-,17-,19+,21+/m1/s1. The lowest BCUT2D eigenvalue weighted by Crippen LogP contribution is -2.23. The molecule has 1 aliphatic rings. The lowest BCUT2D eigenvalue weighted by atomic mass is 9.87. The van der Waals surface area contributed by atoms with Crippen LogP contribution in [-0.2, 0) is 9.59 Å². The molecule has 0 aliphatic heterocycles. The van der Waals surface area contributed by atoms with E-state index in [0.29, 0.717) is 12.8 Å². The van der Waals surface area contributed by atoms with Gasteiger partial charge in [-0.3, -0.25) is 9.59 Å². The van der Waals surface area contributed by atoms with Crippen molar-refractivity contribution in [3.05, 3.63) is 12.2 Å². The van der Waals surface area contributed by atoms with E-state index < -0.39 is 17.7 Å². The summed E-state index contributed by atoms with van der Waals surface area (Å²) < 4.78 is 0. The Kier molecular flexibility index (Phi) is 10.1. The molecule has 0 spiro atoms. The largest absolute Gasteiger partial charge is 0.481 e. The minimum absolute atomic E-state index is 0.100. The van der Waals surface area contributed by atoms with Gasteiger partial charge in [0.1, 0.15) is 5.78 Å². The van der Waals surface area contributed by atoms with Gasteiger partial charge in [0.05, 0.1) is 11.7 Å². The quantitative estimate of drug-likeness (QED) is 0.339. The van der Waals surface area contributed by atoms with Crippen molar-refractivity contribution in [2.24, 2.45) is 11.8 Å². The van der Waals surface area contributed by atoms with Gasteiger partial charge in [0.15, 0.2) is 0 Å². The van der Waals surface area contributed by atoms with E-state index in [4.69, 9.17) is 5.11 Å². The highest BCUT2D eigenvalue weighted by atomic mass is 16.4. The molecule has 1 fully saturated rings. The summed E-state index contributed by atoms with van der Waals surface area (Å²) in [4.78, 5) is 22.7. The maximum atomic E-state index is 12.2. The number of carboxylic acids is 1. The molecule has 0 aromatic heterocycles. The smallest absolute Gasteiger partial charge is 0.303 e. The molecule has 0 amide bonds. The Balaban J connectivity index is 2.49. The van der Waals surface area contributed by atoms with E-state index in [2.05, 4.69) is 6.92 Å². The predicted octanol–water partition coefficient (Wildman–Crippen LogP) is 3.87. The van der Waals surface area contributed by atoms with Gasteiger partial charge >= 0.3 is 5.97 Å². The van der Waals surface area contributed by atoms with Gasteiger partial charge in [-0.05, 0) is 26.2 Å². The Labute approximate surface area is 157 Å². The van der Waals surface area contributed by atoms with E-state index in [9.17, 15) is 19.8 Å². The Morgan fingerprint density at radius 2 is 1.88 bits per heavy atom. The summed E-state index contributed by atoms with van der Waals surface area (Å²) in [5.41, 5.74) is -0.901. The van der Waals surface area contributed by atoms with Crippen molar-refractivity contribution in [3.63, 3.8) is 0 Å². The zero-order chi connectivity index (χ0) is 19.6. The van der Waals surface area contributed by atoms with Crippen molar-refractivity contribution in [2.75, 3.05) is 0 Å². The number of unbranched alkanes of at least 4 members (excludes halogenated alkanes) is 5. The third-order valence-corrected chi connectivity index (χ3v) is 5.35. The molecule has 3 N–H and O–H groups in total. The Morgan fingerprint density at radius 1 is 1.19 bits per heavy atom. The molecule has 1 rings (SSSR count). The third-order valence-electron chi connectivity index (χ3n) is 5.35. The number of rotatable bonds is 13. The molecular formula is C21H36O5. The molecule has 0 aromatic carbocycles. The number of aliphatic hydroxyl groups excluding tert-OH is 1. The second-order valence-electron chi connectivity index (χ2n) is 7.94. The molecule has 1 saturated carbocycles. The van der Waals surface area contributed by atoms with Crippen LogP contribution in [-0.4, -0.2) is 38.8 Å². The van der Waals surface area contributed by atoms with Crippen molar-refractivity contribution in [1.82, 2.24) is 0 Å². The van der Waals surface area contributed by atoms with E-state index in [1.807, 2.05) is 6.08 Å². The van der Waals surface area contributed by atoms with Crippen LogP contribution in [0, 0.1) is 11.8 Å². The molecule has 0 saturated heterocycles. The fourth-order valence-electron chi connectivity index (χ4n) is 3.72. The number of aliphatic carboxylic acids is 1. The lowest BCUT2D eigenvalue weighted by molar-refractivity contribution is -0.137. The predicted molar refractivity (Wildman–Crippen MR) is 102 cm³/mol. The highest BCUT2D eigenvalue weighted by Gasteiger charge is 2.39. The molecule has 0 unspecified atom stereocenters. The molecule has 0 bridgehead atoms. The van der Waals surface area contributed by atoms with Crippen LogP contribution in [0.2, 0.25) is 0 Å². The van der Waals surface area contributed by atoms with Crippen molar-refractivity contribution < 1.29 is 24.9 Å². The molecule has 5 nitrogen and oxygen atoms in total. The molecule has 1 aliphatic carbocycles. The summed E-state index contributed by atoms with van der Waals surface area (Å²) >= 11 is 0. The van der Waals surface area contributed by atoms with Crippen LogP contribution in [0.1, 0.15) is 84.5 Å². The Hall–Kier alpha value is -1.20. The molecular weight excluding hydrogens is 332 g/mol. The van der Waals surface area contributed by atoms with Gasteiger partial charge in [-0.15, -0.1) is 0 Å². The summed E-state index contributed by atoms with van der Waals surface area (Å²) in [6, 6.07) is 0. The van der Waals surface area contributed by atoms with Gasteiger partial charge in [0, 0.05) is 24.7 Å². The first kappa shape index (κ1) is 22.8. The fourth-order valence-corrected chi connectivity index (χ4v) is 3.72. The minimum Gasteiger partial charge on any atom is -0.481 e. The van der Waals surface area contributed by atoms with Crippen LogP contribution in [0.15, 0.2) is 12.2 Å². The van der Waals surface area contributed by atoms with Crippen molar-refractivity contribution in [3.8, 4) is 0 Å². The normalized spacial score (nSPS) is 25.7. The molecule has 0 radical (unpaired) electrons. The number of hydrogen-bond donors (Lipinski definition) is 3. The zero-order valence-corrected chi connectivity index (χ0v) is 16.3. The third kappa shape index (κ3) is 8.45. The van der Waals surface area contributed by atoms with Gasteiger partial charge in [-0.25, -0.2) is 0 Å². The number of ketones is 1. The summed E-state index contributed by atoms with van der Waals surface area (Å²) in [5.74, 6) is -1.08. The van der Waals surface area contributed by atoms with Crippen LogP contribution in [0.5, 0.6) is 0 Å². The van der Waals surface area contributed by atoms with Gasteiger partial charge in [-0.1, -0.05) is 57.6 Å². The average molecular weight is 369 g/mol. The molecule has 5 heteroatoms. The Morgan fingerprint density at radius 3 is 2.54 bits per heavy atom. The highest BCUT2D eigenvalue weighted by molar-refractivity contribution is 5.84. The van der Waals surface area contributed by atoms with Gasteiger partial charge in [-0.2, -0.15) is 0 Å². The highest BCUT2D eigenvalue weighted by Crippen LogP contribution is 2.35. The summed E-state index contributed by atoms with van der Waals surface area (Å²) in [7, 11) is 0.